The van der Waals surface area contributed by atoms with Gasteiger partial charge in [0.15, 0.2) is 11.5 Å². The number of benzene rings is 2. The van der Waals surface area contributed by atoms with Crippen LogP contribution in [0.2, 0.25) is 0 Å². The molecule has 0 radical (unpaired) electrons. The third kappa shape index (κ3) is 3.44. The molecule has 0 saturated carbocycles. The van der Waals surface area contributed by atoms with Crippen LogP contribution >= 0.6 is 0 Å². The van der Waals surface area contributed by atoms with Gasteiger partial charge in [0.2, 0.25) is 5.91 Å². The molecule has 1 aliphatic heterocycles. The van der Waals surface area contributed by atoms with Crippen molar-refractivity contribution in [2.75, 3.05) is 25.2 Å². The molecule has 3 rings (SSSR count). The van der Waals surface area contributed by atoms with Gasteiger partial charge in [0, 0.05) is 25.2 Å². The van der Waals surface area contributed by atoms with E-state index in [0.717, 1.165) is 5.69 Å². The van der Waals surface area contributed by atoms with Gasteiger partial charge in [0.1, 0.15) is 19.0 Å². The zero-order valence-corrected chi connectivity index (χ0v) is 12.9. The van der Waals surface area contributed by atoms with Gasteiger partial charge in [-0.3, -0.25) is 4.79 Å². The third-order valence-corrected chi connectivity index (χ3v) is 3.85. The number of carbonyl (C=O) groups is 1. The predicted molar refractivity (Wildman–Crippen MR) is 85.6 cm³/mol. The second-order valence-corrected chi connectivity index (χ2v) is 5.37. The van der Waals surface area contributed by atoms with Crippen molar-refractivity contribution in [2.45, 2.75) is 12.8 Å². The summed E-state index contributed by atoms with van der Waals surface area (Å²) in [5.74, 6) is 0.974. The number of anilines is 1. The summed E-state index contributed by atoms with van der Waals surface area (Å²) < 4.78 is 24.6. The molecule has 0 saturated heterocycles. The lowest BCUT2D eigenvalue weighted by molar-refractivity contribution is -0.118. The standard InChI is InChI=1S/C18H18FNO3/c1-20(14-7-8-16-17(12-14)23-11-10-22-16)18(21)9-6-13-4-2-3-5-15(13)19/h2-5,7-8,12H,6,9-11H2,1H3. The number of carbonyl (C=O) groups excluding carboxylic acids is 1. The van der Waals surface area contributed by atoms with E-state index >= 15 is 0 Å². The quantitative estimate of drug-likeness (QED) is 0.870. The molecule has 0 aromatic heterocycles. The second kappa shape index (κ2) is 6.69. The number of halogens is 1. The molecular formula is C18H18FNO3. The first kappa shape index (κ1) is 15.3. The molecular weight excluding hydrogens is 297 g/mol. The molecule has 0 bridgehead atoms. The smallest absolute Gasteiger partial charge is 0.227 e. The van der Waals surface area contributed by atoms with Crippen LogP contribution in [0, 0.1) is 5.82 Å². The fraction of sp³-hybridized carbons (Fsp3) is 0.278. The molecule has 1 aliphatic rings. The van der Waals surface area contributed by atoms with Crippen molar-refractivity contribution < 1.29 is 18.7 Å². The second-order valence-electron chi connectivity index (χ2n) is 5.37. The van der Waals surface area contributed by atoms with Crippen LogP contribution in [0.25, 0.3) is 0 Å². The Morgan fingerprint density at radius 2 is 1.87 bits per heavy atom. The number of rotatable bonds is 4. The number of amides is 1. The minimum absolute atomic E-state index is 0.0788. The van der Waals surface area contributed by atoms with Crippen molar-refractivity contribution >= 4 is 11.6 Å². The molecule has 0 atom stereocenters. The van der Waals surface area contributed by atoms with Gasteiger partial charge in [0.05, 0.1) is 0 Å². The van der Waals surface area contributed by atoms with E-state index < -0.39 is 0 Å². The number of hydrogen-bond acceptors (Lipinski definition) is 3. The molecule has 2 aromatic rings. The van der Waals surface area contributed by atoms with E-state index in [4.69, 9.17) is 9.47 Å². The first-order chi connectivity index (χ1) is 11.1. The van der Waals surface area contributed by atoms with Crippen LogP contribution in [0.1, 0.15) is 12.0 Å². The van der Waals surface area contributed by atoms with Crippen molar-refractivity contribution in [1.82, 2.24) is 0 Å². The molecule has 0 fully saturated rings. The maximum absolute atomic E-state index is 13.6. The average molecular weight is 315 g/mol. The highest BCUT2D eigenvalue weighted by molar-refractivity contribution is 5.93. The highest BCUT2D eigenvalue weighted by Gasteiger charge is 2.16. The molecule has 1 amide bonds. The highest BCUT2D eigenvalue weighted by Crippen LogP contribution is 2.33. The molecule has 0 spiro atoms. The number of fused-ring (bicyclic) bond motifs is 1. The largest absolute Gasteiger partial charge is 0.486 e. The minimum atomic E-state index is -0.276. The van der Waals surface area contributed by atoms with E-state index in [1.54, 1.807) is 42.3 Å². The van der Waals surface area contributed by atoms with Crippen molar-refractivity contribution in [3.8, 4) is 11.5 Å². The monoisotopic (exact) mass is 315 g/mol. The zero-order chi connectivity index (χ0) is 16.2. The predicted octanol–water partition coefficient (Wildman–Crippen LogP) is 3.19. The summed E-state index contributed by atoms with van der Waals surface area (Å²) in [4.78, 5) is 13.9. The highest BCUT2D eigenvalue weighted by atomic mass is 19.1. The number of ether oxygens (including phenoxy) is 2. The zero-order valence-electron chi connectivity index (χ0n) is 12.9. The van der Waals surface area contributed by atoms with Crippen molar-refractivity contribution in [2.24, 2.45) is 0 Å². The van der Waals surface area contributed by atoms with Gasteiger partial charge < -0.3 is 14.4 Å². The van der Waals surface area contributed by atoms with Crippen LogP contribution in [-0.2, 0) is 11.2 Å². The Bertz CT molecular complexity index is 717. The summed E-state index contributed by atoms with van der Waals surface area (Å²) in [5, 5.41) is 0. The Morgan fingerprint density at radius 3 is 2.65 bits per heavy atom. The van der Waals surface area contributed by atoms with Gasteiger partial charge >= 0.3 is 0 Å². The Balaban J connectivity index is 1.66. The van der Waals surface area contributed by atoms with Gasteiger partial charge in [-0.05, 0) is 30.2 Å². The summed E-state index contributed by atoms with van der Waals surface area (Å²) in [5.41, 5.74) is 1.28. The van der Waals surface area contributed by atoms with Gasteiger partial charge in [-0.15, -0.1) is 0 Å². The van der Waals surface area contributed by atoms with Crippen LogP contribution in [0.4, 0.5) is 10.1 Å². The van der Waals surface area contributed by atoms with E-state index in [2.05, 4.69) is 0 Å². The van der Waals surface area contributed by atoms with Gasteiger partial charge in [-0.1, -0.05) is 18.2 Å². The molecule has 1 heterocycles. The first-order valence-electron chi connectivity index (χ1n) is 7.55. The van der Waals surface area contributed by atoms with Crippen LogP contribution < -0.4 is 14.4 Å². The number of aryl methyl sites for hydroxylation is 1. The molecule has 2 aromatic carbocycles. The summed E-state index contributed by atoms with van der Waals surface area (Å²) in [7, 11) is 1.70. The Hall–Kier alpha value is -2.56. The lowest BCUT2D eigenvalue weighted by Gasteiger charge is -2.22. The number of hydrogen-bond donors (Lipinski definition) is 0. The van der Waals surface area contributed by atoms with Gasteiger partial charge in [0.25, 0.3) is 0 Å². The summed E-state index contributed by atoms with van der Waals surface area (Å²) >= 11 is 0. The van der Waals surface area contributed by atoms with Crippen LogP contribution in [0.5, 0.6) is 11.5 Å². The SMILES string of the molecule is CN(C(=O)CCc1ccccc1F)c1ccc2c(c1)OCCO2. The van der Waals surface area contributed by atoms with Crippen molar-refractivity contribution in [3.05, 3.63) is 53.8 Å². The Morgan fingerprint density at radius 1 is 1.13 bits per heavy atom. The normalized spacial score (nSPS) is 12.8. The Labute approximate surface area is 134 Å². The van der Waals surface area contributed by atoms with E-state index in [1.807, 2.05) is 6.07 Å². The molecule has 5 heteroatoms. The fourth-order valence-corrected chi connectivity index (χ4v) is 2.50. The van der Waals surface area contributed by atoms with Crippen molar-refractivity contribution in [1.29, 1.82) is 0 Å². The van der Waals surface area contributed by atoms with E-state index in [-0.39, 0.29) is 18.1 Å². The molecule has 0 unspecified atom stereocenters. The summed E-state index contributed by atoms with van der Waals surface area (Å²) in [6.45, 7) is 1.03. The summed E-state index contributed by atoms with van der Waals surface area (Å²) in [6, 6.07) is 11.9. The molecule has 0 aliphatic carbocycles. The molecule has 120 valence electrons. The molecule has 4 nitrogen and oxygen atoms in total. The lowest BCUT2D eigenvalue weighted by Crippen LogP contribution is -2.26. The van der Waals surface area contributed by atoms with Crippen LogP contribution in [-0.4, -0.2) is 26.2 Å². The molecule has 23 heavy (non-hydrogen) atoms. The number of nitrogens with zero attached hydrogens (tertiary/aromatic N) is 1. The van der Waals surface area contributed by atoms with E-state index in [9.17, 15) is 9.18 Å². The maximum atomic E-state index is 13.6. The first-order valence-corrected chi connectivity index (χ1v) is 7.55. The van der Waals surface area contributed by atoms with Gasteiger partial charge in [-0.25, -0.2) is 4.39 Å². The van der Waals surface area contributed by atoms with Crippen LogP contribution in [0.3, 0.4) is 0 Å². The van der Waals surface area contributed by atoms with E-state index in [1.165, 1.54) is 6.07 Å². The Kier molecular flexibility index (Phi) is 4.46. The topological polar surface area (TPSA) is 38.8 Å². The van der Waals surface area contributed by atoms with E-state index in [0.29, 0.717) is 36.7 Å². The molecule has 0 N–H and O–H groups in total. The van der Waals surface area contributed by atoms with Gasteiger partial charge in [-0.2, -0.15) is 0 Å². The average Bonchev–Trinajstić information content (AvgIpc) is 2.59. The third-order valence-electron chi connectivity index (χ3n) is 3.85. The maximum Gasteiger partial charge on any atom is 0.227 e. The fourth-order valence-electron chi connectivity index (χ4n) is 2.50. The van der Waals surface area contributed by atoms with Crippen LogP contribution in [0.15, 0.2) is 42.5 Å². The lowest BCUT2D eigenvalue weighted by atomic mass is 10.1. The van der Waals surface area contributed by atoms with Crippen molar-refractivity contribution in [3.63, 3.8) is 0 Å². The minimum Gasteiger partial charge on any atom is -0.486 e. The summed E-state index contributed by atoms with van der Waals surface area (Å²) in [6.07, 6.45) is 0.617.